The average molecular weight is 438 g/mol. The number of benzene rings is 3. The molecule has 1 N–H and O–H groups in total. The van der Waals surface area contributed by atoms with Crippen molar-refractivity contribution in [2.75, 3.05) is 16.8 Å². The van der Waals surface area contributed by atoms with Crippen LogP contribution in [0.5, 0.6) is 5.75 Å². The predicted octanol–water partition coefficient (Wildman–Crippen LogP) is 4.90. The van der Waals surface area contributed by atoms with E-state index in [0.717, 1.165) is 18.2 Å². The number of carbonyl (C=O) groups excluding carboxylic acids is 2. The summed E-state index contributed by atoms with van der Waals surface area (Å²) in [5, 5.41) is 2.78. The fourth-order valence-corrected chi connectivity index (χ4v) is 3.39. The van der Waals surface area contributed by atoms with Crippen LogP contribution in [0.15, 0.2) is 72.4 Å². The molecule has 0 aromatic heterocycles. The highest BCUT2D eigenvalue weighted by molar-refractivity contribution is 6.46. The first-order chi connectivity index (χ1) is 15.4. The third-order valence-corrected chi connectivity index (χ3v) is 4.78. The molecule has 4 rings (SSSR count). The van der Waals surface area contributed by atoms with E-state index in [1.807, 2.05) is 6.92 Å². The number of hydrogen-bond donors (Lipinski definition) is 1. The molecule has 0 saturated heterocycles. The minimum absolute atomic E-state index is 0.0361. The molecule has 0 atom stereocenters. The number of hydrogen-bond acceptors (Lipinski definition) is 4. The van der Waals surface area contributed by atoms with E-state index in [2.05, 4.69) is 5.32 Å². The van der Waals surface area contributed by atoms with E-state index in [4.69, 9.17) is 4.74 Å². The van der Waals surface area contributed by atoms with Gasteiger partial charge in [-0.25, -0.2) is 18.1 Å². The first-order valence-electron chi connectivity index (χ1n) is 9.73. The number of imide groups is 1. The van der Waals surface area contributed by atoms with Crippen LogP contribution in [0.4, 0.5) is 24.5 Å². The van der Waals surface area contributed by atoms with Crippen LogP contribution in [0.2, 0.25) is 0 Å². The van der Waals surface area contributed by atoms with Crippen molar-refractivity contribution < 1.29 is 27.5 Å². The lowest BCUT2D eigenvalue weighted by atomic mass is 10.0. The molecule has 1 heterocycles. The molecule has 2 amide bonds. The van der Waals surface area contributed by atoms with Gasteiger partial charge in [0.25, 0.3) is 11.8 Å². The lowest BCUT2D eigenvalue weighted by Crippen LogP contribution is -2.33. The van der Waals surface area contributed by atoms with Gasteiger partial charge in [0.1, 0.15) is 28.9 Å². The van der Waals surface area contributed by atoms with Crippen LogP contribution >= 0.6 is 0 Å². The summed E-state index contributed by atoms with van der Waals surface area (Å²) in [5.41, 5.74) is 0.0159. The van der Waals surface area contributed by atoms with Gasteiger partial charge in [-0.2, -0.15) is 0 Å². The molecule has 32 heavy (non-hydrogen) atoms. The van der Waals surface area contributed by atoms with Crippen LogP contribution < -0.4 is 15.0 Å². The standard InChI is InChI=1S/C24H17F3N2O3/c1-2-32-18-9-6-14(7-10-18)21-22(28-17-5-3-4-15(25)12-17)24(31)29(23(21)30)20-11-8-16(26)13-19(20)27/h3-13,28H,2H2,1H3. The minimum atomic E-state index is -1.07. The molecule has 3 aromatic rings. The quantitative estimate of drug-likeness (QED) is 0.557. The molecule has 0 bridgehead atoms. The summed E-state index contributed by atoms with van der Waals surface area (Å²) in [7, 11) is 0. The largest absolute Gasteiger partial charge is 0.494 e. The van der Waals surface area contributed by atoms with Crippen molar-refractivity contribution in [1.29, 1.82) is 0 Å². The monoisotopic (exact) mass is 438 g/mol. The second-order valence-electron chi connectivity index (χ2n) is 6.88. The molecule has 0 radical (unpaired) electrons. The zero-order valence-electron chi connectivity index (χ0n) is 16.9. The van der Waals surface area contributed by atoms with E-state index >= 15 is 0 Å². The Morgan fingerprint density at radius 1 is 0.875 bits per heavy atom. The highest BCUT2D eigenvalue weighted by Crippen LogP contribution is 2.35. The Balaban J connectivity index is 1.81. The summed E-state index contributed by atoms with van der Waals surface area (Å²) in [5.74, 6) is -3.55. The van der Waals surface area contributed by atoms with Crippen LogP contribution in [0.25, 0.3) is 5.57 Å². The Morgan fingerprint density at radius 2 is 1.59 bits per heavy atom. The van der Waals surface area contributed by atoms with Gasteiger partial charge in [-0.05, 0) is 55.0 Å². The zero-order valence-corrected chi connectivity index (χ0v) is 16.9. The maximum Gasteiger partial charge on any atom is 0.282 e. The molecular formula is C24H17F3N2O3. The zero-order chi connectivity index (χ0) is 22.8. The topological polar surface area (TPSA) is 58.6 Å². The van der Waals surface area contributed by atoms with Crippen molar-refractivity contribution in [3.05, 3.63) is 95.4 Å². The molecule has 5 nitrogen and oxygen atoms in total. The first kappa shape index (κ1) is 21.2. The van der Waals surface area contributed by atoms with Gasteiger partial charge in [-0.3, -0.25) is 9.59 Å². The minimum Gasteiger partial charge on any atom is -0.494 e. The third-order valence-electron chi connectivity index (χ3n) is 4.78. The Bertz CT molecular complexity index is 1240. The van der Waals surface area contributed by atoms with Gasteiger partial charge in [-0.15, -0.1) is 0 Å². The second-order valence-corrected chi connectivity index (χ2v) is 6.88. The van der Waals surface area contributed by atoms with Gasteiger partial charge in [-0.1, -0.05) is 18.2 Å². The number of rotatable bonds is 6. The fraction of sp³-hybridized carbons (Fsp3) is 0.0833. The van der Waals surface area contributed by atoms with Crippen molar-refractivity contribution in [2.24, 2.45) is 0 Å². The van der Waals surface area contributed by atoms with Crippen LogP contribution in [0.1, 0.15) is 12.5 Å². The van der Waals surface area contributed by atoms with Gasteiger partial charge >= 0.3 is 0 Å². The lowest BCUT2D eigenvalue weighted by Gasteiger charge is -2.16. The summed E-state index contributed by atoms with van der Waals surface area (Å²) in [4.78, 5) is 27.1. The van der Waals surface area contributed by atoms with Crippen LogP contribution in [0, 0.1) is 17.5 Å². The summed E-state index contributed by atoms with van der Waals surface area (Å²) in [6.07, 6.45) is 0. The van der Waals surface area contributed by atoms with Crippen molar-refractivity contribution in [3.8, 4) is 5.75 Å². The first-order valence-corrected chi connectivity index (χ1v) is 9.73. The normalized spacial score (nSPS) is 13.7. The van der Waals surface area contributed by atoms with E-state index < -0.39 is 29.3 Å². The SMILES string of the molecule is CCOc1ccc(C2=C(Nc3cccc(F)c3)C(=O)N(c3ccc(F)cc3F)C2=O)cc1. The van der Waals surface area contributed by atoms with E-state index in [9.17, 15) is 22.8 Å². The molecule has 0 saturated carbocycles. The van der Waals surface area contributed by atoms with Crippen LogP contribution in [-0.4, -0.2) is 18.4 Å². The molecule has 1 aliphatic heterocycles. The van der Waals surface area contributed by atoms with Crippen LogP contribution in [-0.2, 0) is 9.59 Å². The molecule has 1 aliphatic rings. The molecule has 3 aromatic carbocycles. The highest BCUT2D eigenvalue weighted by Gasteiger charge is 2.41. The molecule has 0 fully saturated rings. The molecule has 0 spiro atoms. The van der Waals surface area contributed by atoms with Gasteiger partial charge in [0, 0.05) is 11.8 Å². The average Bonchev–Trinajstić information content (AvgIpc) is 2.99. The highest BCUT2D eigenvalue weighted by atomic mass is 19.1. The Kier molecular flexibility index (Phi) is 5.68. The third kappa shape index (κ3) is 3.94. The lowest BCUT2D eigenvalue weighted by molar-refractivity contribution is -0.120. The summed E-state index contributed by atoms with van der Waals surface area (Å²) in [6, 6.07) is 14.3. The van der Waals surface area contributed by atoms with Crippen LogP contribution in [0.3, 0.4) is 0 Å². The van der Waals surface area contributed by atoms with Crippen molar-refractivity contribution in [2.45, 2.75) is 6.92 Å². The Morgan fingerprint density at radius 3 is 2.25 bits per heavy atom. The molecule has 0 unspecified atom stereocenters. The van der Waals surface area contributed by atoms with Gasteiger partial charge in [0.15, 0.2) is 0 Å². The maximum absolute atomic E-state index is 14.4. The van der Waals surface area contributed by atoms with Crippen molar-refractivity contribution in [1.82, 2.24) is 0 Å². The van der Waals surface area contributed by atoms with Crippen molar-refractivity contribution >= 4 is 28.8 Å². The summed E-state index contributed by atoms with van der Waals surface area (Å²) >= 11 is 0. The van der Waals surface area contributed by atoms with Gasteiger partial charge in [0.05, 0.1) is 17.9 Å². The van der Waals surface area contributed by atoms with Crippen molar-refractivity contribution in [3.63, 3.8) is 0 Å². The summed E-state index contributed by atoms with van der Waals surface area (Å²) < 4.78 is 46.9. The number of carbonyl (C=O) groups is 2. The van der Waals surface area contributed by atoms with E-state index in [1.54, 1.807) is 24.3 Å². The molecule has 0 aliphatic carbocycles. The number of nitrogens with one attached hydrogen (secondary N) is 1. The second kappa shape index (κ2) is 8.58. The van der Waals surface area contributed by atoms with E-state index in [0.29, 0.717) is 28.9 Å². The van der Waals surface area contributed by atoms with E-state index in [1.165, 1.54) is 18.2 Å². The molecule has 8 heteroatoms. The van der Waals surface area contributed by atoms with Gasteiger partial charge < -0.3 is 10.1 Å². The number of ether oxygens (including phenoxy) is 1. The van der Waals surface area contributed by atoms with E-state index in [-0.39, 0.29) is 22.6 Å². The molecule has 162 valence electrons. The number of nitrogens with zero attached hydrogens (tertiary/aromatic N) is 1. The number of amides is 2. The number of halogens is 3. The molecular weight excluding hydrogens is 421 g/mol. The predicted molar refractivity (Wildman–Crippen MR) is 113 cm³/mol. The number of anilines is 2. The Hall–Kier alpha value is -4.07. The smallest absolute Gasteiger partial charge is 0.282 e. The van der Waals surface area contributed by atoms with Gasteiger partial charge in [0.2, 0.25) is 0 Å². The Labute approximate surface area is 181 Å². The summed E-state index contributed by atoms with van der Waals surface area (Å²) in [6.45, 7) is 2.27. The fourth-order valence-electron chi connectivity index (χ4n) is 3.39. The maximum atomic E-state index is 14.4.